The quantitative estimate of drug-likeness (QED) is 0.764. The molecule has 27 heavy (non-hydrogen) atoms. The van der Waals surface area contributed by atoms with Gasteiger partial charge in [-0.1, -0.05) is 18.2 Å². The van der Waals surface area contributed by atoms with Crippen molar-refractivity contribution in [2.75, 3.05) is 0 Å². The van der Waals surface area contributed by atoms with Crippen molar-refractivity contribution in [3.8, 4) is 0 Å². The van der Waals surface area contributed by atoms with Crippen LogP contribution < -0.4 is 10.9 Å². The monoisotopic (exact) mass is 382 g/mol. The minimum Gasteiger partial charge on any atom is -0.273 e. The number of hydrogen-bond acceptors (Lipinski definition) is 3. The van der Waals surface area contributed by atoms with Crippen molar-refractivity contribution < 1.29 is 9.59 Å². The van der Waals surface area contributed by atoms with Crippen LogP contribution in [0.4, 0.5) is 0 Å². The second-order valence-electron chi connectivity index (χ2n) is 9.15. The molecule has 2 amide bonds. The second kappa shape index (κ2) is 6.33. The Labute approximate surface area is 163 Å². The molecule has 4 aliphatic rings. The van der Waals surface area contributed by atoms with Gasteiger partial charge in [0.2, 0.25) is 5.91 Å². The smallest absolute Gasteiger partial charge is 0.273 e. The molecule has 0 aliphatic heterocycles. The molecule has 2 aromatic rings. The summed E-state index contributed by atoms with van der Waals surface area (Å²) in [6, 6.07) is 8.02. The summed E-state index contributed by atoms with van der Waals surface area (Å²) in [6.07, 6.45) is 8.30. The van der Waals surface area contributed by atoms with E-state index in [1.165, 1.54) is 49.9 Å². The van der Waals surface area contributed by atoms with E-state index >= 15 is 0 Å². The third-order valence-corrected chi connectivity index (χ3v) is 8.34. The zero-order valence-electron chi connectivity index (χ0n) is 15.7. The number of fused-ring (bicyclic) bond motifs is 1. The highest BCUT2D eigenvalue weighted by molar-refractivity contribution is 7.21. The van der Waals surface area contributed by atoms with E-state index < -0.39 is 0 Å². The number of amides is 2. The molecule has 0 unspecified atom stereocenters. The van der Waals surface area contributed by atoms with E-state index in [0.29, 0.717) is 11.3 Å². The minimum atomic E-state index is -0.215. The molecule has 6 rings (SSSR count). The summed E-state index contributed by atoms with van der Waals surface area (Å²) >= 11 is 1.48. The second-order valence-corrected chi connectivity index (χ2v) is 10.2. The molecule has 4 saturated carbocycles. The zero-order chi connectivity index (χ0) is 18.6. The number of aryl methyl sites for hydroxylation is 1. The van der Waals surface area contributed by atoms with Gasteiger partial charge in [-0.15, -0.1) is 11.3 Å². The summed E-state index contributed by atoms with van der Waals surface area (Å²) in [4.78, 5) is 25.9. The molecule has 4 nitrogen and oxygen atoms in total. The lowest BCUT2D eigenvalue weighted by Crippen LogP contribution is -2.50. The van der Waals surface area contributed by atoms with Crippen LogP contribution in [0.1, 0.15) is 60.2 Å². The van der Waals surface area contributed by atoms with Gasteiger partial charge < -0.3 is 0 Å². The Balaban J connectivity index is 1.23. The molecule has 1 aromatic carbocycles. The van der Waals surface area contributed by atoms with Crippen LogP contribution in [0.2, 0.25) is 0 Å². The predicted octanol–water partition coefficient (Wildman–Crippen LogP) is 4.58. The van der Waals surface area contributed by atoms with Crippen LogP contribution >= 0.6 is 11.3 Å². The lowest BCUT2D eigenvalue weighted by molar-refractivity contribution is -0.130. The minimum absolute atomic E-state index is 0.0379. The van der Waals surface area contributed by atoms with Crippen LogP contribution in [0, 0.1) is 30.1 Å². The van der Waals surface area contributed by atoms with Crippen molar-refractivity contribution >= 4 is 33.2 Å². The fraction of sp³-hybridized carbons (Fsp3) is 0.545. The van der Waals surface area contributed by atoms with Crippen LogP contribution in [0.25, 0.3) is 10.1 Å². The van der Waals surface area contributed by atoms with Crippen molar-refractivity contribution in [1.29, 1.82) is 0 Å². The first-order chi connectivity index (χ1) is 13.0. The standard InChI is InChI=1S/C22H26N2O2S/c1-13-17-4-2-3-5-18(17)27-20(13)21(26)24-23-19(25)12-22-9-14-6-15(10-22)8-16(7-14)11-22/h2-5,14-16H,6-12H2,1H3,(H,23,25)(H,24,26). The summed E-state index contributed by atoms with van der Waals surface area (Å²) in [6.45, 7) is 1.96. The van der Waals surface area contributed by atoms with E-state index in [2.05, 4.69) is 10.9 Å². The number of carbonyl (C=O) groups excluding carboxylic acids is 2. The molecule has 0 spiro atoms. The van der Waals surface area contributed by atoms with Crippen LogP contribution in [0.15, 0.2) is 24.3 Å². The van der Waals surface area contributed by atoms with Gasteiger partial charge in [-0.3, -0.25) is 20.4 Å². The first kappa shape index (κ1) is 17.2. The van der Waals surface area contributed by atoms with Crippen molar-refractivity contribution in [1.82, 2.24) is 10.9 Å². The maximum absolute atomic E-state index is 12.6. The molecule has 4 bridgehead atoms. The molecule has 0 atom stereocenters. The Kier molecular flexibility index (Phi) is 4.04. The topological polar surface area (TPSA) is 58.2 Å². The summed E-state index contributed by atoms with van der Waals surface area (Å²) < 4.78 is 1.10. The molecule has 4 fully saturated rings. The van der Waals surface area contributed by atoms with E-state index in [4.69, 9.17) is 0 Å². The van der Waals surface area contributed by atoms with Crippen molar-refractivity contribution in [3.05, 3.63) is 34.7 Å². The summed E-state index contributed by atoms with van der Waals surface area (Å²) in [5.41, 5.74) is 6.52. The average Bonchev–Trinajstić information content (AvgIpc) is 2.95. The predicted molar refractivity (Wildman–Crippen MR) is 107 cm³/mol. The number of hydrogen-bond donors (Lipinski definition) is 2. The van der Waals surface area contributed by atoms with Gasteiger partial charge in [-0.2, -0.15) is 0 Å². The lowest BCUT2D eigenvalue weighted by atomic mass is 9.49. The van der Waals surface area contributed by atoms with Gasteiger partial charge in [0, 0.05) is 11.1 Å². The van der Waals surface area contributed by atoms with E-state index in [9.17, 15) is 9.59 Å². The van der Waals surface area contributed by atoms with Crippen molar-refractivity contribution in [3.63, 3.8) is 0 Å². The molecule has 142 valence electrons. The number of thiophene rings is 1. The highest BCUT2D eigenvalue weighted by Crippen LogP contribution is 2.61. The summed E-state index contributed by atoms with van der Waals surface area (Å²) in [5, 5.41) is 1.10. The Morgan fingerprint density at radius 3 is 2.30 bits per heavy atom. The third-order valence-electron chi connectivity index (χ3n) is 7.07. The molecule has 5 heteroatoms. The summed E-state index contributed by atoms with van der Waals surface area (Å²) in [5.74, 6) is 2.25. The lowest BCUT2D eigenvalue weighted by Gasteiger charge is -2.56. The largest absolute Gasteiger partial charge is 0.280 e. The molecule has 1 aromatic heterocycles. The van der Waals surface area contributed by atoms with Crippen LogP contribution in [0.3, 0.4) is 0 Å². The van der Waals surface area contributed by atoms with Gasteiger partial charge in [0.05, 0.1) is 4.88 Å². The Bertz CT molecular complexity index is 881. The molecular formula is C22H26N2O2S. The Morgan fingerprint density at radius 1 is 1.04 bits per heavy atom. The number of hydrazine groups is 1. The van der Waals surface area contributed by atoms with E-state index in [1.54, 1.807) is 0 Å². The Morgan fingerprint density at radius 2 is 1.67 bits per heavy atom. The maximum atomic E-state index is 12.6. The number of nitrogens with one attached hydrogen (secondary N) is 2. The van der Waals surface area contributed by atoms with Gasteiger partial charge in [0.25, 0.3) is 5.91 Å². The molecule has 1 heterocycles. The van der Waals surface area contributed by atoms with Gasteiger partial charge >= 0.3 is 0 Å². The first-order valence-electron chi connectivity index (χ1n) is 10.1. The fourth-order valence-corrected chi connectivity index (χ4v) is 7.57. The molecule has 0 saturated heterocycles. The van der Waals surface area contributed by atoms with Gasteiger partial charge in [-0.25, -0.2) is 0 Å². The van der Waals surface area contributed by atoms with Crippen LogP contribution in [-0.2, 0) is 4.79 Å². The summed E-state index contributed by atoms with van der Waals surface area (Å²) in [7, 11) is 0. The zero-order valence-corrected chi connectivity index (χ0v) is 16.5. The van der Waals surface area contributed by atoms with Gasteiger partial charge in [0.1, 0.15) is 0 Å². The number of benzene rings is 1. The molecular weight excluding hydrogens is 356 g/mol. The molecule has 4 aliphatic carbocycles. The Hall–Kier alpha value is -1.88. The number of rotatable bonds is 3. The van der Waals surface area contributed by atoms with Gasteiger partial charge in [0.15, 0.2) is 0 Å². The normalized spacial score (nSPS) is 31.2. The third kappa shape index (κ3) is 3.06. The van der Waals surface area contributed by atoms with Crippen LogP contribution in [0.5, 0.6) is 0 Å². The molecule has 0 radical (unpaired) electrons. The van der Waals surface area contributed by atoms with Crippen LogP contribution in [-0.4, -0.2) is 11.8 Å². The average molecular weight is 383 g/mol. The maximum Gasteiger partial charge on any atom is 0.280 e. The van der Waals surface area contributed by atoms with E-state index in [1.807, 2.05) is 31.2 Å². The fourth-order valence-electron chi connectivity index (χ4n) is 6.47. The molecule has 2 N–H and O–H groups in total. The highest BCUT2D eigenvalue weighted by Gasteiger charge is 2.51. The SMILES string of the molecule is Cc1c(C(=O)NNC(=O)CC23CC4CC(CC(C4)C2)C3)sc2ccccc12. The van der Waals surface area contributed by atoms with Crippen molar-refractivity contribution in [2.45, 2.75) is 51.9 Å². The number of carbonyl (C=O) groups is 2. The van der Waals surface area contributed by atoms with E-state index in [-0.39, 0.29) is 17.2 Å². The first-order valence-corrected chi connectivity index (χ1v) is 10.9. The highest BCUT2D eigenvalue weighted by atomic mass is 32.1. The van der Waals surface area contributed by atoms with E-state index in [0.717, 1.165) is 33.4 Å². The van der Waals surface area contributed by atoms with Gasteiger partial charge in [-0.05, 0) is 85.6 Å². The van der Waals surface area contributed by atoms with Crippen molar-refractivity contribution in [2.24, 2.45) is 23.2 Å².